The average Bonchev–Trinajstić information content (AvgIpc) is 2.63. The molecule has 2 unspecified atom stereocenters. The van der Waals surface area contributed by atoms with Crippen LogP contribution >= 0.6 is 17.8 Å². The summed E-state index contributed by atoms with van der Waals surface area (Å²) in [5.41, 5.74) is 2.91. The molecular weight excluding hydrogens is 439 g/mol. The summed E-state index contributed by atoms with van der Waals surface area (Å²) >= 11 is 0. The van der Waals surface area contributed by atoms with Crippen molar-refractivity contribution < 1.29 is 26.7 Å². The molecule has 0 bridgehead atoms. The second-order valence-electron chi connectivity index (χ2n) is 7.07. The zero-order valence-electron chi connectivity index (χ0n) is 19.6. The smallest absolute Gasteiger partial charge is 0 e. The first-order valence-corrected chi connectivity index (χ1v) is 11.4. The van der Waals surface area contributed by atoms with Gasteiger partial charge in [0.05, 0.1) is 0 Å². The Balaban J connectivity index is -0.000000135. The zero-order chi connectivity index (χ0) is 23.0. The first kappa shape index (κ1) is 39.4. The average molecular weight is 482 g/mol. The summed E-state index contributed by atoms with van der Waals surface area (Å²) in [6.45, 7) is 25.7. The van der Waals surface area contributed by atoms with E-state index in [1.807, 2.05) is 20.3 Å². The maximum absolute atomic E-state index is 7.75. The number of benzene rings is 1. The van der Waals surface area contributed by atoms with Gasteiger partial charge in [-0.15, -0.1) is 22.3 Å². The summed E-state index contributed by atoms with van der Waals surface area (Å²) in [4.78, 5) is 15.5. The molecule has 0 saturated heterocycles. The molecule has 1 rings (SSSR count). The molecule has 0 spiro atoms. The number of nitrogens with zero attached hydrogens (tertiary/aromatic N) is 1. The number of carbonyl (C=O) groups excluding carboxylic acids is 2. The Kier molecular flexibility index (Phi) is 44.2. The van der Waals surface area contributed by atoms with E-state index in [9.17, 15) is 0 Å². The van der Waals surface area contributed by atoms with Crippen LogP contribution in [-0.4, -0.2) is 31.4 Å². The third-order valence-electron chi connectivity index (χ3n) is 2.61. The van der Waals surface area contributed by atoms with E-state index in [0.717, 1.165) is 38.9 Å². The van der Waals surface area contributed by atoms with Gasteiger partial charge in [0.25, 0.3) is 0 Å². The van der Waals surface area contributed by atoms with E-state index < -0.39 is 0 Å². The predicted molar refractivity (Wildman–Crippen MR) is 135 cm³/mol. The predicted octanol–water partition coefficient (Wildman–Crippen LogP) is 6.27. The van der Waals surface area contributed by atoms with E-state index in [0.29, 0.717) is 0 Å². The maximum atomic E-state index is 7.75. The Morgan fingerprint density at radius 2 is 1.41 bits per heavy atom. The monoisotopic (exact) mass is 482 g/mol. The van der Waals surface area contributed by atoms with Gasteiger partial charge in [0.2, 0.25) is 0 Å². The fourth-order valence-corrected chi connectivity index (χ4v) is 2.82. The molecule has 0 fully saturated rings. The van der Waals surface area contributed by atoms with Crippen molar-refractivity contribution in [1.82, 2.24) is 0 Å². The Morgan fingerprint density at radius 3 is 1.79 bits per heavy atom. The largest absolute Gasteiger partial charge is 0.658 e. The topological polar surface area (TPSA) is 48.2 Å². The van der Waals surface area contributed by atoms with E-state index in [1.165, 1.54) is 17.3 Å². The van der Waals surface area contributed by atoms with Crippen LogP contribution in [0.4, 0.5) is 0 Å². The summed E-state index contributed by atoms with van der Waals surface area (Å²) in [7, 11) is 3.56. The molecule has 0 aromatic heterocycles. The number of hydrogen-bond donors (Lipinski definition) is 0. The Hall–Kier alpha value is -0.101. The van der Waals surface area contributed by atoms with E-state index in [-0.39, 0.29) is 17.1 Å². The molecule has 2 atom stereocenters. The standard InChI is InChI=1S/C15H25NP.C3H9P.C3H7.2CHO.Mn/c1-12(2)9-10-16-11-14-7-5-6-8-15(14)17-13(3)4;1-3(2)4;1-3-2;2*1-2;/h5-8,12-13,17H,9-11H2,1-4H3;3H,4H2,1-2H3;3H,1-2H3;2*1H;/q-1;;3*-1;. The van der Waals surface area contributed by atoms with Gasteiger partial charge in [-0.25, -0.2) is 0 Å². The third kappa shape index (κ3) is 39.0. The molecule has 0 aliphatic heterocycles. The van der Waals surface area contributed by atoms with E-state index in [4.69, 9.17) is 9.59 Å². The Morgan fingerprint density at radius 1 is 1.00 bits per heavy atom. The van der Waals surface area contributed by atoms with Crippen LogP contribution in [0.1, 0.15) is 67.4 Å². The van der Waals surface area contributed by atoms with Gasteiger partial charge in [0.15, 0.2) is 0 Å². The second-order valence-corrected chi connectivity index (χ2v) is 10.4. The Labute approximate surface area is 196 Å². The molecule has 0 N–H and O–H groups in total. The van der Waals surface area contributed by atoms with Crippen molar-refractivity contribution in [2.24, 2.45) is 5.92 Å². The Bertz CT molecular complexity index is 415. The summed E-state index contributed by atoms with van der Waals surface area (Å²) in [5, 5.41) is 6.15. The molecule has 0 heterocycles. The van der Waals surface area contributed by atoms with Crippen molar-refractivity contribution >= 4 is 36.7 Å². The molecule has 6 heteroatoms. The molecule has 1 aromatic carbocycles. The molecule has 173 valence electrons. The van der Waals surface area contributed by atoms with Gasteiger partial charge in [0.1, 0.15) is 0 Å². The van der Waals surface area contributed by atoms with Crippen LogP contribution in [-0.2, 0) is 33.2 Å². The van der Waals surface area contributed by atoms with Gasteiger partial charge >= 0.3 is 0 Å². The summed E-state index contributed by atoms with van der Waals surface area (Å²) in [6, 6.07) is 8.75. The van der Waals surface area contributed by atoms with Gasteiger partial charge in [-0.2, -0.15) is 13.8 Å². The molecule has 0 saturated carbocycles. The van der Waals surface area contributed by atoms with Crippen molar-refractivity contribution in [2.45, 2.75) is 79.7 Å². The van der Waals surface area contributed by atoms with Gasteiger partial charge in [-0.1, -0.05) is 86.4 Å². The second kappa shape index (κ2) is 32.6. The maximum Gasteiger partial charge on any atom is 0 e. The minimum atomic E-state index is 0. The molecular formula is C23H43MnNO2P2-4. The fourth-order valence-electron chi connectivity index (χ4n) is 1.66. The van der Waals surface area contributed by atoms with Crippen molar-refractivity contribution in [2.75, 3.05) is 6.54 Å². The molecule has 29 heavy (non-hydrogen) atoms. The van der Waals surface area contributed by atoms with Crippen molar-refractivity contribution in [3.63, 3.8) is 0 Å². The van der Waals surface area contributed by atoms with E-state index in [2.05, 4.69) is 93.9 Å². The minimum absolute atomic E-state index is 0. The van der Waals surface area contributed by atoms with Crippen LogP contribution < -0.4 is 5.30 Å². The van der Waals surface area contributed by atoms with Crippen molar-refractivity contribution in [1.29, 1.82) is 0 Å². The number of rotatable bonds is 7. The fraction of sp³-hybridized carbons (Fsp3) is 0.609. The van der Waals surface area contributed by atoms with Crippen LogP contribution in [0.15, 0.2) is 24.3 Å². The normalized spacial score (nSPS) is 9.24. The van der Waals surface area contributed by atoms with Gasteiger partial charge < -0.3 is 21.3 Å². The first-order valence-electron chi connectivity index (χ1n) is 9.68. The van der Waals surface area contributed by atoms with Crippen LogP contribution in [0, 0.1) is 12.3 Å². The summed E-state index contributed by atoms with van der Waals surface area (Å²) in [6.07, 6.45) is 3.20. The van der Waals surface area contributed by atoms with Crippen molar-refractivity contribution in [3.8, 4) is 0 Å². The van der Waals surface area contributed by atoms with Crippen LogP contribution in [0.5, 0.6) is 0 Å². The minimum Gasteiger partial charge on any atom is -0.658 e. The van der Waals surface area contributed by atoms with Crippen LogP contribution in [0.2, 0.25) is 0 Å². The third-order valence-corrected chi connectivity index (χ3v) is 3.98. The van der Waals surface area contributed by atoms with Crippen molar-refractivity contribution in [3.05, 3.63) is 41.6 Å². The molecule has 1 radical (unpaired) electrons. The van der Waals surface area contributed by atoms with Gasteiger partial charge in [0, 0.05) is 17.1 Å². The van der Waals surface area contributed by atoms with Gasteiger partial charge in [-0.3, -0.25) is 13.6 Å². The SMILES string of the molecule is CC(C)CC[N-]Cc1ccccc1PC(C)C.CC(C)P.C[CH-]C.[CH-]=O.[CH-]=O.[Mn]. The molecule has 0 aliphatic carbocycles. The summed E-state index contributed by atoms with van der Waals surface area (Å²) < 4.78 is 0. The molecule has 0 amide bonds. The van der Waals surface area contributed by atoms with Crippen LogP contribution in [0.25, 0.3) is 5.32 Å². The quantitative estimate of drug-likeness (QED) is 0.151. The molecule has 3 nitrogen and oxygen atoms in total. The van der Waals surface area contributed by atoms with E-state index >= 15 is 0 Å². The first-order chi connectivity index (χ1) is 13.2. The zero-order valence-corrected chi connectivity index (χ0v) is 22.9. The van der Waals surface area contributed by atoms with E-state index in [1.54, 1.807) is 0 Å². The molecule has 1 aromatic rings. The number of hydrogen-bond acceptors (Lipinski definition) is 2. The molecule has 0 aliphatic rings. The van der Waals surface area contributed by atoms with Crippen LogP contribution in [0.3, 0.4) is 0 Å². The van der Waals surface area contributed by atoms with Gasteiger partial charge in [-0.05, 0) is 22.5 Å². The summed E-state index contributed by atoms with van der Waals surface area (Å²) in [5.74, 6) is 0.756.